The molecule has 1 heterocycles. The molecular formula is C20H18N2O5. The molecule has 0 saturated carbocycles. The molecule has 0 spiro atoms. The van der Waals surface area contributed by atoms with Crippen LogP contribution in [0.2, 0.25) is 0 Å². The zero-order valence-electron chi connectivity index (χ0n) is 15.1. The second-order valence-electron chi connectivity index (χ2n) is 5.87. The molecule has 2 aromatic carbocycles. The number of anilines is 1. The third-order valence-corrected chi connectivity index (χ3v) is 4.17. The van der Waals surface area contributed by atoms with Crippen LogP contribution in [0.15, 0.2) is 53.5 Å². The van der Waals surface area contributed by atoms with Gasteiger partial charge >= 0.3 is 5.97 Å². The Morgan fingerprint density at radius 1 is 1.07 bits per heavy atom. The van der Waals surface area contributed by atoms with Gasteiger partial charge in [-0.25, -0.2) is 4.79 Å². The zero-order chi connectivity index (χ0) is 19.6. The number of para-hydroxylation sites is 1. The summed E-state index contributed by atoms with van der Waals surface area (Å²) < 4.78 is 11.6. The fourth-order valence-electron chi connectivity index (χ4n) is 2.90. The maximum atomic E-state index is 12.8. The quantitative estimate of drug-likeness (QED) is 0.717. The number of hydrogen-bond donors (Lipinski definition) is 1. The van der Waals surface area contributed by atoms with Gasteiger partial charge in [0.1, 0.15) is 11.3 Å². The molecule has 3 aromatic rings. The van der Waals surface area contributed by atoms with E-state index >= 15 is 0 Å². The summed E-state index contributed by atoms with van der Waals surface area (Å²) in [5.41, 5.74) is 0.877. The molecule has 27 heavy (non-hydrogen) atoms. The van der Waals surface area contributed by atoms with E-state index in [9.17, 15) is 14.4 Å². The van der Waals surface area contributed by atoms with Crippen LogP contribution in [0.1, 0.15) is 20.7 Å². The Labute approximate surface area is 155 Å². The van der Waals surface area contributed by atoms with Gasteiger partial charge in [0.25, 0.3) is 5.91 Å². The van der Waals surface area contributed by atoms with Crippen molar-refractivity contribution in [2.24, 2.45) is 7.05 Å². The van der Waals surface area contributed by atoms with Crippen LogP contribution in [0.25, 0.3) is 10.9 Å². The third-order valence-electron chi connectivity index (χ3n) is 4.17. The molecule has 1 aromatic heterocycles. The molecule has 0 aliphatic heterocycles. The summed E-state index contributed by atoms with van der Waals surface area (Å²) in [6.07, 6.45) is 1.46. The van der Waals surface area contributed by atoms with Crippen LogP contribution in [0, 0.1) is 0 Å². The fraction of sp³-hybridized carbons (Fsp3) is 0.150. The minimum absolute atomic E-state index is 0.0123. The van der Waals surface area contributed by atoms with Gasteiger partial charge in [-0.15, -0.1) is 0 Å². The largest absolute Gasteiger partial charge is 0.495 e. The van der Waals surface area contributed by atoms with Crippen LogP contribution in [0.3, 0.4) is 0 Å². The zero-order valence-corrected chi connectivity index (χ0v) is 15.1. The van der Waals surface area contributed by atoms with Crippen molar-refractivity contribution >= 4 is 28.5 Å². The average Bonchev–Trinajstić information content (AvgIpc) is 2.69. The molecule has 0 atom stereocenters. The molecule has 0 unspecified atom stereocenters. The van der Waals surface area contributed by atoms with Crippen LogP contribution in [0.5, 0.6) is 5.75 Å². The number of hydrogen-bond acceptors (Lipinski definition) is 5. The summed E-state index contributed by atoms with van der Waals surface area (Å²) >= 11 is 0. The van der Waals surface area contributed by atoms with Gasteiger partial charge in [0.2, 0.25) is 5.43 Å². The molecule has 7 heteroatoms. The van der Waals surface area contributed by atoms with E-state index in [1.54, 1.807) is 48.0 Å². The molecule has 0 saturated heterocycles. The predicted octanol–water partition coefficient (Wildman–Crippen LogP) is 2.59. The van der Waals surface area contributed by atoms with Crippen LogP contribution >= 0.6 is 0 Å². The van der Waals surface area contributed by atoms with Gasteiger partial charge in [-0.3, -0.25) is 9.59 Å². The Balaban J connectivity index is 2.01. The van der Waals surface area contributed by atoms with Gasteiger partial charge in [0, 0.05) is 18.9 Å². The highest BCUT2D eigenvalue weighted by atomic mass is 16.5. The summed E-state index contributed by atoms with van der Waals surface area (Å²) in [5, 5.41) is 3.03. The molecule has 0 fully saturated rings. The highest BCUT2D eigenvalue weighted by molar-refractivity contribution is 6.06. The number of nitrogens with zero attached hydrogens (tertiary/aromatic N) is 1. The second-order valence-corrected chi connectivity index (χ2v) is 5.87. The molecule has 0 radical (unpaired) electrons. The molecule has 0 bridgehead atoms. The molecular weight excluding hydrogens is 348 g/mol. The molecule has 7 nitrogen and oxygen atoms in total. The van der Waals surface area contributed by atoms with Gasteiger partial charge in [-0.05, 0) is 30.3 Å². The Morgan fingerprint density at radius 2 is 1.81 bits per heavy atom. The SMILES string of the molecule is COC(=O)c1cccc(NC(=O)c2cn(C)c3c(OC)cccc3c2=O)c1. The molecule has 1 amide bonds. The van der Waals surface area contributed by atoms with Crippen molar-refractivity contribution in [3.63, 3.8) is 0 Å². The standard InChI is InChI=1S/C20H18N2O5/c1-22-11-15(18(23)14-8-5-9-16(26-2)17(14)22)19(24)21-13-7-4-6-12(10-13)20(25)27-3/h4-11H,1-3H3,(H,21,24). The maximum Gasteiger partial charge on any atom is 0.337 e. The Morgan fingerprint density at radius 3 is 2.52 bits per heavy atom. The number of amides is 1. The topological polar surface area (TPSA) is 86.6 Å². The summed E-state index contributed by atoms with van der Waals surface area (Å²) in [6.45, 7) is 0. The number of nitrogens with one attached hydrogen (secondary N) is 1. The first-order chi connectivity index (χ1) is 13.0. The average molecular weight is 366 g/mol. The highest BCUT2D eigenvalue weighted by Crippen LogP contribution is 2.23. The number of aromatic nitrogens is 1. The summed E-state index contributed by atoms with van der Waals surface area (Å²) in [4.78, 5) is 37.1. The summed E-state index contributed by atoms with van der Waals surface area (Å²) in [6, 6.07) is 11.4. The van der Waals surface area contributed by atoms with Crippen molar-refractivity contribution in [2.75, 3.05) is 19.5 Å². The maximum absolute atomic E-state index is 12.8. The van der Waals surface area contributed by atoms with E-state index in [0.717, 1.165) is 0 Å². The van der Waals surface area contributed by atoms with Crippen LogP contribution in [-0.4, -0.2) is 30.7 Å². The smallest absolute Gasteiger partial charge is 0.337 e. The van der Waals surface area contributed by atoms with Crippen molar-refractivity contribution in [1.29, 1.82) is 0 Å². The van der Waals surface area contributed by atoms with Crippen molar-refractivity contribution in [3.8, 4) is 5.75 Å². The van der Waals surface area contributed by atoms with Gasteiger partial charge in [-0.1, -0.05) is 12.1 Å². The van der Waals surface area contributed by atoms with E-state index in [-0.39, 0.29) is 5.56 Å². The van der Waals surface area contributed by atoms with Crippen molar-refractivity contribution < 1.29 is 19.1 Å². The lowest BCUT2D eigenvalue weighted by atomic mass is 10.1. The first-order valence-electron chi connectivity index (χ1n) is 8.12. The van der Waals surface area contributed by atoms with Crippen LogP contribution in [0.4, 0.5) is 5.69 Å². The van der Waals surface area contributed by atoms with E-state index < -0.39 is 17.3 Å². The number of esters is 1. The molecule has 1 N–H and O–H groups in total. The van der Waals surface area contributed by atoms with Gasteiger partial charge < -0.3 is 19.4 Å². The van der Waals surface area contributed by atoms with E-state index in [1.807, 2.05) is 0 Å². The number of benzene rings is 2. The van der Waals surface area contributed by atoms with Crippen molar-refractivity contribution in [1.82, 2.24) is 4.57 Å². The van der Waals surface area contributed by atoms with Gasteiger partial charge in [-0.2, -0.15) is 0 Å². The first-order valence-corrected chi connectivity index (χ1v) is 8.12. The summed E-state index contributed by atoms with van der Waals surface area (Å²) in [5.74, 6) is -0.535. The van der Waals surface area contributed by atoms with E-state index in [0.29, 0.717) is 27.9 Å². The Hall–Kier alpha value is -3.61. The minimum Gasteiger partial charge on any atom is -0.495 e. The van der Waals surface area contributed by atoms with Crippen molar-refractivity contribution in [3.05, 3.63) is 70.0 Å². The number of rotatable bonds is 4. The molecule has 3 rings (SSSR count). The molecule has 0 aliphatic carbocycles. The number of carbonyl (C=O) groups excluding carboxylic acids is 2. The van der Waals surface area contributed by atoms with E-state index in [2.05, 4.69) is 10.1 Å². The second kappa shape index (κ2) is 7.33. The lowest BCUT2D eigenvalue weighted by molar-refractivity contribution is 0.0600. The minimum atomic E-state index is -0.567. The summed E-state index contributed by atoms with van der Waals surface area (Å²) in [7, 11) is 4.54. The monoisotopic (exact) mass is 366 g/mol. The highest BCUT2D eigenvalue weighted by Gasteiger charge is 2.17. The number of aryl methyl sites for hydroxylation is 1. The van der Waals surface area contributed by atoms with Crippen LogP contribution in [-0.2, 0) is 11.8 Å². The van der Waals surface area contributed by atoms with Gasteiger partial charge in [0.15, 0.2) is 0 Å². The number of ether oxygens (including phenoxy) is 2. The number of pyridine rings is 1. The van der Waals surface area contributed by atoms with Gasteiger partial charge in [0.05, 0.1) is 30.7 Å². The predicted molar refractivity (Wildman–Crippen MR) is 101 cm³/mol. The van der Waals surface area contributed by atoms with Crippen LogP contribution < -0.4 is 15.5 Å². The van der Waals surface area contributed by atoms with E-state index in [1.165, 1.54) is 26.5 Å². The lowest BCUT2D eigenvalue weighted by Gasteiger charge is -2.12. The number of methoxy groups -OCH3 is 2. The number of fused-ring (bicyclic) bond motifs is 1. The lowest BCUT2D eigenvalue weighted by Crippen LogP contribution is -2.23. The third kappa shape index (κ3) is 3.39. The first kappa shape index (κ1) is 18.2. The number of carbonyl (C=O) groups is 2. The Bertz CT molecular complexity index is 1100. The van der Waals surface area contributed by atoms with Crippen molar-refractivity contribution in [2.45, 2.75) is 0 Å². The normalized spacial score (nSPS) is 10.5. The fourth-order valence-corrected chi connectivity index (χ4v) is 2.90. The molecule has 0 aliphatic rings. The molecule has 138 valence electrons. The Kier molecular flexibility index (Phi) is 4.94. The van der Waals surface area contributed by atoms with E-state index in [4.69, 9.17) is 4.74 Å².